The summed E-state index contributed by atoms with van der Waals surface area (Å²) in [6, 6.07) is 8.85. The number of methoxy groups -OCH3 is 1. The first-order chi connectivity index (χ1) is 13.4. The number of ether oxygens (including phenoxy) is 3. The van der Waals surface area contributed by atoms with Crippen LogP contribution in [0, 0.1) is 5.82 Å². The average molecular weight is 448 g/mol. The van der Waals surface area contributed by atoms with Crippen LogP contribution in [0.4, 0.5) is 4.39 Å². The van der Waals surface area contributed by atoms with Crippen molar-refractivity contribution >= 4 is 39.8 Å². The number of aliphatic imine (C=N–C) groups is 1. The molecule has 28 heavy (non-hydrogen) atoms. The standard InChI is InChI=1S/C20H15BrFNO5/c1-3-17(24)27-18-14(21)7-11(9-16(18)26-2)8-15-20(25)28-19(23-15)12-5-4-6-13(22)10-12/h4-10H,3H2,1-2H3/b15-8-. The molecule has 0 fully saturated rings. The van der Waals surface area contributed by atoms with Gasteiger partial charge in [-0.2, -0.15) is 0 Å². The van der Waals surface area contributed by atoms with E-state index in [0.717, 1.165) is 0 Å². The SMILES string of the molecule is CCC(=O)Oc1c(Br)cc(/C=C2\N=C(c3cccc(F)c3)OC2=O)cc1OC. The van der Waals surface area contributed by atoms with Crippen LogP contribution in [0.15, 0.2) is 51.6 Å². The van der Waals surface area contributed by atoms with E-state index >= 15 is 0 Å². The Hall–Kier alpha value is -3.00. The molecule has 3 rings (SSSR count). The number of esters is 2. The Morgan fingerprint density at radius 2 is 2.11 bits per heavy atom. The molecule has 144 valence electrons. The number of halogens is 2. The summed E-state index contributed by atoms with van der Waals surface area (Å²) in [6.45, 7) is 1.68. The van der Waals surface area contributed by atoms with Gasteiger partial charge >= 0.3 is 11.9 Å². The Bertz CT molecular complexity index is 1020. The molecule has 0 saturated carbocycles. The van der Waals surface area contributed by atoms with Gasteiger partial charge in [-0.1, -0.05) is 13.0 Å². The van der Waals surface area contributed by atoms with Crippen LogP contribution in [-0.2, 0) is 14.3 Å². The van der Waals surface area contributed by atoms with Crippen LogP contribution in [0.25, 0.3) is 6.08 Å². The summed E-state index contributed by atoms with van der Waals surface area (Å²) in [5.74, 6) is -0.947. The van der Waals surface area contributed by atoms with E-state index in [-0.39, 0.29) is 23.8 Å². The second kappa shape index (κ2) is 8.35. The van der Waals surface area contributed by atoms with Crippen molar-refractivity contribution in [1.29, 1.82) is 0 Å². The molecule has 0 amide bonds. The molecule has 2 aromatic rings. The van der Waals surface area contributed by atoms with E-state index in [1.807, 2.05) is 0 Å². The molecule has 0 spiro atoms. The number of nitrogens with zero attached hydrogens (tertiary/aromatic N) is 1. The Labute approximate surface area is 168 Å². The van der Waals surface area contributed by atoms with Gasteiger partial charge in [0.05, 0.1) is 11.6 Å². The third-order valence-corrected chi connectivity index (χ3v) is 4.34. The third kappa shape index (κ3) is 4.28. The molecule has 1 heterocycles. The lowest BCUT2D eigenvalue weighted by Gasteiger charge is -2.11. The summed E-state index contributed by atoms with van der Waals surface area (Å²) in [7, 11) is 1.44. The molecule has 6 nitrogen and oxygen atoms in total. The topological polar surface area (TPSA) is 74.2 Å². The maximum absolute atomic E-state index is 13.4. The van der Waals surface area contributed by atoms with E-state index in [9.17, 15) is 14.0 Å². The molecule has 1 aliphatic rings. The van der Waals surface area contributed by atoms with Crippen LogP contribution in [0.2, 0.25) is 0 Å². The van der Waals surface area contributed by atoms with Crippen molar-refractivity contribution in [2.24, 2.45) is 4.99 Å². The van der Waals surface area contributed by atoms with Gasteiger partial charge in [-0.25, -0.2) is 14.2 Å². The van der Waals surface area contributed by atoms with Crippen molar-refractivity contribution in [3.05, 3.63) is 63.5 Å². The largest absolute Gasteiger partial charge is 0.493 e. The monoisotopic (exact) mass is 447 g/mol. The highest BCUT2D eigenvalue weighted by Crippen LogP contribution is 2.37. The molecule has 0 aromatic heterocycles. The molecule has 0 bridgehead atoms. The van der Waals surface area contributed by atoms with E-state index in [1.54, 1.807) is 25.1 Å². The van der Waals surface area contributed by atoms with Crippen LogP contribution in [0.1, 0.15) is 24.5 Å². The Kier molecular flexibility index (Phi) is 5.89. The predicted octanol–water partition coefficient (Wildman–Crippen LogP) is 4.26. The fourth-order valence-corrected chi connectivity index (χ4v) is 2.96. The Balaban J connectivity index is 1.95. The highest BCUT2D eigenvalue weighted by Gasteiger charge is 2.25. The first kappa shape index (κ1) is 19.8. The molecular formula is C20H15BrFNO5. The van der Waals surface area contributed by atoms with Crippen LogP contribution in [0.3, 0.4) is 0 Å². The molecule has 1 aliphatic heterocycles. The number of hydrogen-bond donors (Lipinski definition) is 0. The number of carbonyl (C=O) groups is 2. The summed E-state index contributed by atoms with van der Waals surface area (Å²) < 4.78 is 29.5. The fourth-order valence-electron chi connectivity index (χ4n) is 2.42. The van der Waals surface area contributed by atoms with Gasteiger partial charge in [-0.3, -0.25) is 4.79 Å². The van der Waals surface area contributed by atoms with E-state index in [2.05, 4.69) is 20.9 Å². The van der Waals surface area contributed by atoms with Crippen molar-refractivity contribution in [3.8, 4) is 11.5 Å². The van der Waals surface area contributed by atoms with Gasteiger partial charge in [0.2, 0.25) is 5.90 Å². The van der Waals surface area contributed by atoms with E-state index < -0.39 is 17.8 Å². The first-order valence-corrected chi connectivity index (χ1v) is 9.07. The van der Waals surface area contributed by atoms with E-state index in [1.165, 1.54) is 31.4 Å². The van der Waals surface area contributed by atoms with E-state index in [4.69, 9.17) is 14.2 Å². The first-order valence-electron chi connectivity index (χ1n) is 8.28. The molecule has 0 saturated heterocycles. The predicted molar refractivity (Wildman–Crippen MR) is 104 cm³/mol. The minimum atomic E-state index is -0.657. The van der Waals surface area contributed by atoms with E-state index in [0.29, 0.717) is 21.3 Å². The van der Waals surface area contributed by atoms with Crippen LogP contribution >= 0.6 is 15.9 Å². The van der Waals surface area contributed by atoms with Gasteiger partial charge in [0.1, 0.15) is 5.82 Å². The summed E-state index contributed by atoms with van der Waals surface area (Å²) in [6.07, 6.45) is 1.71. The quantitative estimate of drug-likeness (QED) is 0.389. The fraction of sp³-hybridized carbons (Fsp3) is 0.150. The van der Waals surface area contributed by atoms with Crippen molar-refractivity contribution in [3.63, 3.8) is 0 Å². The Morgan fingerprint density at radius 1 is 1.32 bits per heavy atom. The summed E-state index contributed by atoms with van der Waals surface area (Å²) in [5, 5.41) is 0. The van der Waals surface area contributed by atoms with Crippen molar-refractivity contribution < 1.29 is 28.2 Å². The van der Waals surface area contributed by atoms with Gasteiger partial charge in [0.25, 0.3) is 0 Å². The highest BCUT2D eigenvalue weighted by molar-refractivity contribution is 9.10. The van der Waals surface area contributed by atoms with Crippen LogP contribution < -0.4 is 9.47 Å². The average Bonchev–Trinajstić information content (AvgIpc) is 3.04. The lowest BCUT2D eigenvalue weighted by Crippen LogP contribution is -2.07. The summed E-state index contributed by atoms with van der Waals surface area (Å²) >= 11 is 3.34. The molecule has 0 radical (unpaired) electrons. The minimum Gasteiger partial charge on any atom is -0.493 e. The lowest BCUT2D eigenvalue weighted by atomic mass is 10.1. The zero-order valence-corrected chi connectivity index (χ0v) is 16.6. The van der Waals surface area contributed by atoms with Crippen LogP contribution in [-0.4, -0.2) is 24.9 Å². The Morgan fingerprint density at radius 3 is 2.79 bits per heavy atom. The maximum Gasteiger partial charge on any atom is 0.363 e. The van der Waals surface area contributed by atoms with Crippen LogP contribution in [0.5, 0.6) is 11.5 Å². The molecule has 0 N–H and O–H groups in total. The van der Waals surface area contributed by atoms with Crippen molar-refractivity contribution in [2.45, 2.75) is 13.3 Å². The third-order valence-electron chi connectivity index (χ3n) is 3.75. The molecule has 0 aliphatic carbocycles. The lowest BCUT2D eigenvalue weighted by molar-refractivity contribution is -0.134. The smallest absolute Gasteiger partial charge is 0.363 e. The second-order valence-electron chi connectivity index (χ2n) is 5.71. The number of rotatable bonds is 5. The molecule has 8 heteroatoms. The summed E-state index contributed by atoms with van der Waals surface area (Å²) in [5.41, 5.74) is 0.972. The van der Waals surface area contributed by atoms with Gasteiger partial charge in [0.15, 0.2) is 17.2 Å². The molecule has 2 aromatic carbocycles. The van der Waals surface area contributed by atoms with Crippen molar-refractivity contribution in [2.75, 3.05) is 7.11 Å². The highest BCUT2D eigenvalue weighted by atomic mass is 79.9. The second-order valence-corrected chi connectivity index (χ2v) is 6.56. The number of cyclic esters (lactones) is 1. The van der Waals surface area contributed by atoms with Gasteiger partial charge in [-0.05, 0) is 57.9 Å². The minimum absolute atomic E-state index is 0.0234. The number of carbonyl (C=O) groups excluding carboxylic acids is 2. The number of hydrogen-bond acceptors (Lipinski definition) is 6. The summed E-state index contributed by atoms with van der Waals surface area (Å²) in [4.78, 5) is 27.9. The van der Waals surface area contributed by atoms with Gasteiger partial charge < -0.3 is 14.2 Å². The molecular weight excluding hydrogens is 433 g/mol. The maximum atomic E-state index is 13.4. The number of benzene rings is 2. The zero-order valence-electron chi connectivity index (χ0n) is 15.0. The molecule has 0 unspecified atom stereocenters. The van der Waals surface area contributed by atoms with Gasteiger partial charge in [-0.15, -0.1) is 0 Å². The normalized spacial score (nSPS) is 14.6. The van der Waals surface area contributed by atoms with Gasteiger partial charge in [0, 0.05) is 12.0 Å². The van der Waals surface area contributed by atoms with Crippen molar-refractivity contribution in [1.82, 2.24) is 0 Å². The zero-order chi connectivity index (χ0) is 20.3. The molecule has 0 atom stereocenters.